The Balaban J connectivity index is 1.43. The number of carbonyl (C=O) groups is 1. The summed E-state index contributed by atoms with van der Waals surface area (Å²) in [4.78, 5) is 23.5. The zero-order chi connectivity index (χ0) is 38.4. The molecule has 0 radical (unpaired) electrons. The van der Waals surface area contributed by atoms with Crippen LogP contribution >= 0.6 is 18.9 Å². The minimum absolute atomic E-state index is 0.0597. The maximum atomic E-state index is 13.9. The maximum Gasteiger partial charge on any atom is 0.391 e. The highest BCUT2D eigenvalue weighted by Gasteiger charge is 2.27. The first-order valence-electron chi connectivity index (χ1n) is 17.1. The fourth-order valence-corrected chi connectivity index (χ4v) is 8.65. The molecule has 1 aromatic heterocycles. The average molecular weight is 792 g/mol. The molecule has 0 aliphatic carbocycles. The van der Waals surface area contributed by atoms with Crippen LogP contribution in [-0.2, 0) is 14.6 Å². The van der Waals surface area contributed by atoms with Gasteiger partial charge in [0.2, 0.25) is 0 Å². The molecule has 17 heteroatoms. The van der Waals surface area contributed by atoms with E-state index in [0.717, 1.165) is 55.2 Å². The van der Waals surface area contributed by atoms with Gasteiger partial charge in [-0.1, -0.05) is 39.7 Å². The Hall–Kier alpha value is -4.39. The third kappa shape index (κ3) is 11.8. The number of nitriles is 1. The van der Waals surface area contributed by atoms with Crippen molar-refractivity contribution in [2.45, 2.75) is 57.1 Å². The summed E-state index contributed by atoms with van der Waals surface area (Å²) in [6.07, 6.45) is 3.28. The van der Waals surface area contributed by atoms with Gasteiger partial charge in [-0.25, -0.2) is 17.4 Å². The molecule has 1 atom stereocenters. The van der Waals surface area contributed by atoms with Gasteiger partial charge < -0.3 is 33.7 Å². The van der Waals surface area contributed by atoms with E-state index < -0.39 is 29.7 Å². The lowest BCUT2D eigenvalue weighted by molar-refractivity contribution is 0.0941. The van der Waals surface area contributed by atoms with Crippen molar-refractivity contribution in [3.05, 3.63) is 71.5 Å². The maximum absolute atomic E-state index is 13.9. The number of halogens is 1. The summed E-state index contributed by atoms with van der Waals surface area (Å²) < 4.78 is 84.1. The van der Waals surface area contributed by atoms with Crippen LogP contribution in [0.4, 0.5) is 4.39 Å². The highest BCUT2D eigenvalue weighted by atomic mass is 32.2. The van der Waals surface area contributed by atoms with Crippen LogP contribution in [0.5, 0.6) is 28.7 Å². The topological polar surface area (TPSA) is 183 Å². The largest absolute Gasteiger partial charge is 0.490 e. The van der Waals surface area contributed by atoms with E-state index >= 15 is 0 Å². The average Bonchev–Trinajstić information content (AvgIpc) is 3.56. The van der Waals surface area contributed by atoms with Gasteiger partial charge in [-0.3, -0.25) is 4.79 Å². The molecule has 0 spiro atoms. The number of sulfonamides is 1. The number of benzene rings is 3. The summed E-state index contributed by atoms with van der Waals surface area (Å²) >= 11 is 0.909. The molecule has 4 rings (SSSR count). The van der Waals surface area contributed by atoms with E-state index in [1.807, 2.05) is 6.92 Å². The lowest BCUT2D eigenvalue weighted by Crippen LogP contribution is -2.28. The standard InChI is InChI=1S/C36H43FN3O10PS2/c1-4-7-16-47-30-11-9-10-28(35(30)49-17-8-5-2)36(41)39-14-18-48-31-19-26-20-34(52-33(26)22-32(31)46-15-6-3)53(44,45)40-24-51(42,43)50-27-13-12-25(23-38)29(37)21-27/h9-13,19-22,40H,4-8,14-18,24H2,1-3H3,(H,39,41)(H,42,43). The molecule has 0 fully saturated rings. The molecule has 0 saturated heterocycles. The molecular weight excluding hydrogens is 749 g/mol. The van der Waals surface area contributed by atoms with Crippen molar-refractivity contribution in [1.29, 1.82) is 5.26 Å². The molecule has 1 unspecified atom stereocenters. The zero-order valence-corrected chi connectivity index (χ0v) is 32.2. The molecule has 0 aliphatic heterocycles. The third-order valence-corrected chi connectivity index (χ3v) is 11.7. The van der Waals surface area contributed by atoms with E-state index in [-0.39, 0.29) is 34.6 Å². The lowest BCUT2D eigenvalue weighted by atomic mass is 10.1. The highest BCUT2D eigenvalue weighted by Crippen LogP contribution is 2.43. The van der Waals surface area contributed by atoms with Gasteiger partial charge in [0, 0.05) is 16.8 Å². The predicted octanol–water partition coefficient (Wildman–Crippen LogP) is 7.37. The number of carbonyl (C=O) groups excluding carboxylic acids is 1. The van der Waals surface area contributed by atoms with Crippen LogP contribution in [0.1, 0.15) is 68.8 Å². The van der Waals surface area contributed by atoms with Gasteiger partial charge in [-0.15, -0.1) is 11.3 Å². The molecular formula is C36H43FN3O10PS2. The van der Waals surface area contributed by atoms with Crippen molar-refractivity contribution in [1.82, 2.24) is 10.0 Å². The van der Waals surface area contributed by atoms with E-state index in [1.54, 1.807) is 36.4 Å². The second-order valence-corrected chi connectivity index (χ2v) is 16.5. The van der Waals surface area contributed by atoms with Crippen LogP contribution in [0.2, 0.25) is 0 Å². The van der Waals surface area contributed by atoms with Crippen molar-refractivity contribution < 1.29 is 50.5 Å². The molecule has 0 saturated carbocycles. The Morgan fingerprint density at radius 1 is 0.906 bits per heavy atom. The SMILES string of the molecule is CCCCOc1cccc(C(=O)NCCOc2cc3cc(S(=O)(=O)NCP(=O)(O)Oc4ccc(C#N)c(F)c4)sc3cc2OCCC)c1OCCCC. The van der Waals surface area contributed by atoms with Crippen molar-refractivity contribution >= 4 is 44.9 Å². The molecule has 3 aromatic carbocycles. The van der Waals surface area contributed by atoms with Gasteiger partial charge in [-0.05, 0) is 61.0 Å². The lowest BCUT2D eigenvalue weighted by Gasteiger charge is -2.17. The molecule has 0 bridgehead atoms. The summed E-state index contributed by atoms with van der Waals surface area (Å²) in [7, 11) is -8.91. The van der Waals surface area contributed by atoms with Crippen molar-refractivity contribution in [2.75, 3.05) is 39.3 Å². The Bertz CT molecular complexity index is 2070. The van der Waals surface area contributed by atoms with Gasteiger partial charge in [0.15, 0.2) is 23.0 Å². The molecule has 53 heavy (non-hydrogen) atoms. The van der Waals surface area contributed by atoms with Gasteiger partial charge in [-0.2, -0.15) is 9.98 Å². The first kappa shape index (κ1) is 41.4. The van der Waals surface area contributed by atoms with Crippen molar-refractivity contribution in [2.24, 2.45) is 0 Å². The smallest absolute Gasteiger partial charge is 0.391 e. The summed E-state index contributed by atoms with van der Waals surface area (Å²) in [5.74, 6) is -0.0601. The number of unbranched alkanes of at least 4 members (excludes halogenated alkanes) is 2. The van der Waals surface area contributed by atoms with Gasteiger partial charge >= 0.3 is 7.60 Å². The van der Waals surface area contributed by atoms with Crippen LogP contribution < -0.4 is 33.5 Å². The van der Waals surface area contributed by atoms with E-state index in [2.05, 4.69) is 23.9 Å². The van der Waals surface area contributed by atoms with Crippen LogP contribution in [0.15, 0.2) is 58.8 Å². The quantitative estimate of drug-likeness (QED) is 0.0534. The van der Waals surface area contributed by atoms with E-state index in [9.17, 15) is 27.1 Å². The number of thiophene rings is 1. The fourth-order valence-electron chi connectivity index (χ4n) is 4.69. The zero-order valence-electron chi connectivity index (χ0n) is 29.7. The van der Waals surface area contributed by atoms with Crippen LogP contribution in [-0.4, -0.2) is 58.5 Å². The molecule has 3 N–H and O–H groups in total. The Kier molecular flexibility index (Phi) is 15.3. The Morgan fingerprint density at radius 2 is 1.60 bits per heavy atom. The molecule has 0 aliphatic rings. The highest BCUT2D eigenvalue weighted by molar-refractivity contribution is 7.92. The van der Waals surface area contributed by atoms with Crippen LogP contribution in [0, 0.1) is 17.1 Å². The summed E-state index contributed by atoms with van der Waals surface area (Å²) in [6, 6.07) is 14.4. The molecule has 1 amide bonds. The number of amides is 1. The van der Waals surface area contributed by atoms with Gasteiger partial charge in [0.05, 0.1) is 37.5 Å². The second-order valence-electron chi connectivity index (χ2n) is 11.7. The Morgan fingerprint density at radius 3 is 2.30 bits per heavy atom. The number of nitrogens with zero attached hydrogens (tertiary/aromatic N) is 1. The number of para-hydroxylation sites is 1. The number of nitrogens with one attached hydrogen (secondary N) is 2. The number of hydrogen-bond acceptors (Lipinski definition) is 11. The van der Waals surface area contributed by atoms with E-state index in [4.69, 9.17) is 28.7 Å². The van der Waals surface area contributed by atoms with Crippen LogP contribution in [0.3, 0.4) is 0 Å². The first-order chi connectivity index (χ1) is 25.4. The second kappa shape index (κ2) is 19.6. The van der Waals surface area contributed by atoms with E-state index in [1.165, 1.54) is 6.07 Å². The third-order valence-electron chi connectivity index (χ3n) is 7.42. The van der Waals surface area contributed by atoms with Crippen LogP contribution in [0.25, 0.3) is 10.1 Å². The summed E-state index contributed by atoms with van der Waals surface area (Å²) in [5, 5.41) is 12.2. The molecule has 286 valence electrons. The minimum atomic E-state index is -4.62. The van der Waals surface area contributed by atoms with Gasteiger partial charge in [0.1, 0.15) is 34.7 Å². The van der Waals surface area contributed by atoms with Crippen molar-refractivity contribution in [3.8, 4) is 34.8 Å². The van der Waals surface area contributed by atoms with E-state index in [0.29, 0.717) is 64.9 Å². The van der Waals surface area contributed by atoms with Crippen molar-refractivity contribution in [3.63, 3.8) is 0 Å². The number of rotatable bonds is 22. The summed E-state index contributed by atoms with van der Waals surface area (Å²) in [6.45, 7) is 7.55. The summed E-state index contributed by atoms with van der Waals surface area (Å²) in [5.41, 5.74) is 0.0584. The molecule has 13 nitrogen and oxygen atoms in total. The number of hydrogen-bond donors (Lipinski definition) is 3. The predicted molar refractivity (Wildman–Crippen MR) is 199 cm³/mol. The Labute approximate surface area is 312 Å². The fraction of sp³-hybridized carbons (Fsp3) is 0.389. The first-order valence-corrected chi connectivity index (χ1v) is 21.2. The normalized spacial score (nSPS) is 12.5. The number of ether oxygens (including phenoxy) is 4. The van der Waals surface area contributed by atoms with Gasteiger partial charge in [0.25, 0.3) is 15.9 Å². The molecule has 4 aromatic rings. The minimum Gasteiger partial charge on any atom is -0.490 e. The molecule has 1 heterocycles. The number of fused-ring (bicyclic) bond motifs is 1. The monoisotopic (exact) mass is 791 g/mol.